The number of aromatic nitrogens is 2. The molecule has 4 aliphatic heterocycles. The van der Waals surface area contributed by atoms with Gasteiger partial charge in [-0.3, -0.25) is 0 Å². The average Bonchev–Trinajstić information content (AvgIpc) is 1.65. The van der Waals surface area contributed by atoms with Gasteiger partial charge in [-0.05, 0) is 212 Å². The first-order valence-corrected chi connectivity index (χ1v) is 41.0. The number of ether oxygens (including phenoxy) is 1. The number of para-hydroxylation sites is 3. The number of nitrogens with zero attached hydrogens (tertiary/aromatic N) is 4. The van der Waals surface area contributed by atoms with Crippen molar-refractivity contribution in [2.75, 3.05) is 9.80 Å². The number of fused-ring (bicyclic) bond motifs is 15. The minimum Gasteiger partial charge on any atom is -0.456 e. The maximum absolute atomic E-state index is 12.2. The molecule has 0 amide bonds. The van der Waals surface area contributed by atoms with Crippen LogP contribution in [0.2, 0.25) is 0 Å². The maximum atomic E-state index is 12.2. The van der Waals surface area contributed by atoms with Crippen molar-refractivity contribution in [1.29, 1.82) is 0 Å². The highest BCUT2D eigenvalue weighted by Crippen LogP contribution is 2.58. The van der Waals surface area contributed by atoms with E-state index in [2.05, 4.69) is 134 Å². The van der Waals surface area contributed by atoms with E-state index in [0.717, 1.165) is 60.2 Å². The number of anilines is 6. The summed E-state index contributed by atoms with van der Waals surface area (Å²) in [5.74, 6) is 0.378. The Labute approximate surface area is 739 Å². The molecule has 17 aromatic carbocycles. The van der Waals surface area contributed by atoms with Crippen molar-refractivity contribution in [2.45, 2.75) is 78.6 Å². The molecule has 0 unspecified atom stereocenters. The lowest BCUT2D eigenvalue weighted by molar-refractivity contribution is 0.489. The fourth-order valence-electron chi connectivity index (χ4n) is 18.8. The van der Waals surface area contributed by atoms with E-state index in [4.69, 9.17) is 8.85 Å². The summed E-state index contributed by atoms with van der Waals surface area (Å²) in [7, 11) is 0. The molecule has 7 heteroatoms. The Morgan fingerprint density at radius 1 is 0.281 bits per heavy atom. The largest absolute Gasteiger partial charge is 0.456 e. The SMILES string of the molecule is [2H]c1c([2H])c([2H])c(-c2c([2H])c([2H])c3c(c2[2H])c2c([2H])c([2H])c([2H])c4c2n3-c2cc3c(c5c2B4c2ccc(-c4cccc(-c6ccccc6)c4)cc2O5)N(c2c(-c4ccccc4)cc(C(C)(C)C)cc2-c2ccccc2)c2cc(C(C)(C)C)cc4c2B3c2c([2H])c([2H])c(-n3c5c([2H])c([2H])c([2H])c([2H])c5c5c([2H])c([2H])c([2H])c([2H])c53)c([2H])c2N4c2c(-c3ccccc3)cc(C(C)(C)C)cc2-c2ccccc2)c([2H])c1[2H]. The van der Waals surface area contributed by atoms with Crippen molar-refractivity contribution in [3.8, 4) is 101 Å². The first-order valence-electron chi connectivity index (χ1n) is 52.0. The number of hydrogen-bond acceptors (Lipinski definition) is 3. The highest BCUT2D eigenvalue weighted by Gasteiger charge is 2.52. The summed E-state index contributed by atoms with van der Waals surface area (Å²) in [6, 6.07) is 63.8. The highest BCUT2D eigenvalue weighted by molar-refractivity contribution is 7.02. The van der Waals surface area contributed by atoms with Gasteiger partial charge in [-0.25, -0.2) is 0 Å². The molecular weight excluding hydrogens is 1460 g/mol. The Balaban J connectivity index is 0.985. The van der Waals surface area contributed by atoms with Crippen LogP contribution in [0.3, 0.4) is 0 Å². The smallest absolute Gasteiger partial charge is 0.256 e. The fraction of sp³-hybridized carbons (Fsp3) is 0.105. The summed E-state index contributed by atoms with van der Waals surface area (Å²) in [5.41, 5.74) is 11.3. The van der Waals surface area contributed by atoms with Crippen LogP contribution in [0.15, 0.2) is 370 Å². The van der Waals surface area contributed by atoms with Crippen LogP contribution in [-0.4, -0.2) is 22.6 Å². The molecule has 0 saturated heterocycles. The zero-order valence-corrected chi connectivity index (χ0v) is 67.9. The average molecular weight is 1570 g/mol. The van der Waals surface area contributed by atoms with Gasteiger partial charge in [0.05, 0.1) is 63.8 Å². The molecule has 2 aromatic heterocycles. The van der Waals surface area contributed by atoms with Gasteiger partial charge in [-0.2, -0.15) is 0 Å². The molecule has 0 bridgehead atoms. The molecule has 0 saturated carbocycles. The number of hydrogen-bond donors (Lipinski definition) is 0. The first kappa shape index (κ1) is 52.6. The summed E-state index contributed by atoms with van der Waals surface area (Å²) in [6.45, 7) is 16.5. The van der Waals surface area contributed by atoms with Gasteiger partial charge in [0.15, 0.2) is 0 Å². The van der Waals surface area contributed by atoms with E-state index >= 15 is 0 Å². The van der Waals surface area contributed by atoms with E-state index in [1.165, 1.54) is 0 Å². The molecular formula is C114H88B2N4O. The second-order valence-corrected chi connectivity index (χ2v) is 35.0. The lowest BCUT2D eigenvalue weighted by Crippen LogP contribution is -2.64. The van der Waals surface area contributed by atoms with E-state index < -0.39 is 190 Å². The van der Waals surface area contributed by atoms with E-state index in [0.29, 0.717) is 78.1 Å². The Kier molecular flexibility index (Phi) is 11.8. The van der Waals surface area contributed by atoms with Crippen molar-refractivity contribution >= 4 is 124 Å². The van der Waals surface area contributed by atoms with Gasteiger partial charge in [0, 0.05) is 77.8 Å². The molecule has 121 heavy (non-hydrogen) atoms. The van der Waals surface area contributed by atoms with Gasteiger partial charge in [-0.15, -0.1) is 0 Å². The van der Waals surface area contributed by atoms with Crippen LogP contribution in [0.25, 0.3) is 133 Å². The van der Waals surface area contributed by atoms with Crippen molar-refractivity contribution in [3.63, 3.8) is 0 Å². The third-order valence-corrected chi connectivity index (χ3v) is 24.7. The first-order chi connectivity index (χ1) is 68.1. The van der Waals surface area contributed by atoms with Gasteiger partial charge >= 0.3 is 0 Å². The summed E-state index contributed by atoms with van der Waals surface area (Å²) in [4.78, 5) is 4.26. The highest BCUT2D eigenvalue weighted by atomic mass is 16.5. The van der Waals surface area contributed by atoms with Crippen molar-refractivity contribution < 1.29 is 34.9 Å². The lowest BCUT2D eigenvalue weighted by atomic mass is 9.31. The molecule has 576 valence electrons. The molecule has 5 nitrogen and oxygen atoms in total. The van der Waals surface area contributed by atoms with Gasteiger partial charge in [0.2, 0.25) is 0 Å². The topological polar surface area (TPSA) is 25.6 Å². The molecule has 0 radical (unpaired) electrons. The monoisotopic (exact) mass is 1570 g/mol. The van der Waals surface area contributed by atoms with E-state index in [-0.39, 0.29) is 66.4 Å². The minimum absolute atomic E-state index is 0.00494. The van der Waals surface area contributed by atoms with E-state index in [1.807, 2.05) is 175 Å². The minimum atomic E-state index is -1.47. The number of benzene rings is 17. The lowest BCUT2D eigenvalue weighted by Gasteiger charge is -2.48. The molecule has 0 aliphatic carbocycles. The summed E-state index contributed by atoms with van der Waals surface area (Å²) in [6.07, 6.45) is 0. The predicted molar refractivity (Wildman–Crippen MR) is 514 cm³/mol. The van der Waals surface area contributed by atoms with Crippen molar-refractivity contribution in [2.24, 2.45) is 0 Å². The van der Waals surface area contributed by atoms with E-state index in [9.17, 15) is 26.0 Å². The van der Waals surface area contributed by atoms with Crippen LogP contribution in [-0.2, 0) is 16.2 Å². The normalized spacial score (nSPS) is 15.7. The summed E-state index contributed by atoms with van der Waals surface area (Å²) < 4.78 is 234. The van der Waals surface area contributed by atoms with Gasteiger partial charge in [-0.1, -0.05) is 341 Å². The molecule has 23 rings (SSSR count). The zero-order chi connectivity index (χ0) is 101. The third kappa shape index (κ3) is 11.4. The zero-order valence-electron chi connectivity index (χ0n) is 89.9. The van der Waals surface area contributed by atoms with E-state index in [1.54, 1.807) is 4.57 Å². The van der Waals surface area contributed by atoms with Gasteiger partial charge < -0.3 is 23.7 Å². The van der Waals surface area contributed by atoms with Gasteiger partial charge in [0.25, 0.3) is 13.4 Å². The predicted octanol–water partition coefficient (Wildman–Crippen LogP) is 26.5. The molecule has 6 heterocycles. The maximum Gasteiger partial charge on any atom is 0.256 e. The summed E-state index contributed by atoms with van der Waals surface area (Å²) in [5, 5.41) is -1.01. The second-order valence-electron chi connectivity index (χ2n) is 35.0. The second kappa shape index (κ2) is 27.2. The summed E-state index contributed by atoms with van der Waals surface area (Å²) >= 11 is 0. The van der Waals surface area contributed by atoms with Crippen LogP contribution < -0.4 is 47.3 Å². The van der Waals surface area contributed by atoms with Crippen LogP contribution >= 0.6 is 0 Å². The third-order valence-electron chi connectivity index (χ3n) is 24.7. The Hall–Kier alpha value is -14.1. The standard InChI is InChI=1S/C114H88B2N4O/c1-112(2,3)81-63-88(73-38-20-12-21-39-73)107(89(64-81)74-40-22-13-23-41-74)119-100-69-84(117-97-52-30-28-48-85(97)86-49-29-31-53-98(86)117)56-58-93(100)115-96-70-103-106-111(110(96)120(102-68-83(114(7,8)9)67-101(119)105(102)115)108-90(75-42-24-14-25-43-75)65-82(113(4,5)6)66-91(108)76-44-26-15-27-45-76)121-104-62-80(78-47-32-46-77(60-78)71-34-16-10-17-35-71)54-57-94(104)116(106)95-51-33-50-87-92-61-79(72-36-18-11-19-37-72)55-59-99(92)118(103)109(87)95/h10-70H,1-9H3/i11D,18D,19D,28D,29D,30D,31D,33D,36D,37D,48D,49D,50D,51D,52D,53D,55D,56D,58D,59D,61D,69D. The van der Waals surface area contributed by atoms with Crippen LogP contribution in [0.4, 0.5) is 34.1 Å². The number of rotatable bonds is 10. The van der Waals surface area contributed by atoms with Crippen LogP contribution in [0, 0.1) is 0 Å². The van der Waals surface area contributed by atoms with Crippen LogP contribution in [0.5, 0.6) is 11.5 Å². The Morgan fingerprint density at radius 2 is 0.752 bits per heavy atom. The van der Waals surface area contributed by atoms with Gasteiger partial charge in [0.1, 0.15) is 11.5 Å². The fourth-order valence-corrected chi connectivity index (χ4v) is 18.8. The Morgan fingerprint density at radius 3 is 1.31 bits per heavy atom. The molecule has 0 fully saturated rings. The Bertz CT molecular complexity index is 8680. The molecule has 0 spiro atoms. The molecule has 0 atom stereocenters. The quantitative estimate of drug-likeness (QED) is 0.128. The molecule has 19 aromatic rings. The molecule has 0 N–H and O–H groups in total. The van der Waals surface area contributed by atoms with Crippen molar-refractivity contribution in [1.82, 2.24) is 9.13 Å². The molecule has 4 aliphatic rings. The van der Waals surface area contributed by atoms with Crippen LogP contribution in [0.1, 0.15) is 109 Å². The van der Waals surface area contributed by atoms with Crippen molar-refractivity contribution in [3.05, 3.63) is 386 Å².